The van der Waals surface area contributed by atoms with E-state index >= 15 is 0 Å². The normalized spacial score (nSPS) is 22.8. The van der Waals surface area contributed by atoms with Crippen molar-refractivity contribution in [3.63, 3.8) is 0 Å². The fourth-order valence-electron chi connectivity index (χ4n) is 2.30. The fourth-order valence-corrected chi connectivity index (χ4v) is 2.30. The number of amides is 3. The number of hydrogen-bond acceptors (Lipinski definition) is 2. The molecule has 1 aromatic rings. The summed E-state index contributed by atoms with van der Waals surface area (Å²) >= 11 is 0. The summed E-state index contributed by atoms with van der Waals surface area (Å²) in [5.41, 5.74) is 1.03. The number of urea groups is 1. The van der Waals surface area contributed by atoms with Crippen LogP contribution in [0.25, 0.3) is 0 Å². The Balaban J connectivity index is 2.27. The summed E-state index contributed by atoms with van der Waals surface area (Å²) in [5.74, 6) is -0.158. The molecule has 4 nitrogen and oxygen atoms in total. The number of imide groups is 1. The zero-order chi connectivity index (χ0) is 14.0. The van der Waals surface area contributed by atoms with E-state index in [1.807, 2.05) is 38.1 Å². The Bertz CT molecular complexity index is 495. The van der Waals surface area contributed by atoms with Crippen LogP contribution in [0.1, 0.15) is 37.8 Å². The quantitative estimate of drug-likeness (QED) is 0.846. The molecular weight excluding hydrogens is 240 g/mol. The monoisotopic (exact) mass is 260 g/mol. The predicted molar refractivity (Wildman–Crippen MR) is 73.7 cm³/mol. The van der Waals surface area contributed by atoms with Crippen LogP contribution in [-0.4, -0.2) is 23.4 Å². The Morgan fingerprint density at radius 1 is 1.21 bits per heavy atom. The Labute approximate surface area is 113 Å². The molecule has 19 heavy (non-hydrogen) atoms. The van der Waals surface area contributed by atoms with Crippen molar-refractivity contribution in [3.05, 3.63) is 35.4 Å². The molecule has 0 aliphatic carbocycles. The van der Waals surface area contributed by atoms with Gasteiger partial charge in [0.25, 0.3) is 5.91 Å². The Morgan fingerprint density at radius 2 is 1.84 bits per heavy atom. The maximum Gasteiger partial charge on any atom is 0.325 e. The van der Waals surface area contributed by atoms with Crippen LogP contribution in [0.3, 0.4) is 0 Å². The maximum absolute atomic E-state index is 12.5. The first-order valence-electron chi connectivity index (χ1n) is 6.70. The van der Waals surface area contributed by atoms with Gasteiger partial charge in [-0.3, -0.25) is 9.69 Å². The topological polar surface area (TPSA) is 49.4 Å². The molecule has 0 spiro atoms. The molecule has 1 fully saturated rings. The lowest BCUT2D eigenvalue weighted by Gasteiger charge is -2.22. The van der Waals surface area contributed by atoms with Gasteiger partial charge in [0.15, 0.2) is 0 Å². The molecule has 4 heteroatoms. The number of nitrogens with one attached hydrogen (secondary N) is 1. The molecule has 1 atom stereocenters. The van der Waals surface area contributed by atoms with Crippen molar-refractivity contribution in [2.24, 2.45) is 0 Å². The van der Waals surface area contributed by atoms with E-state index in [2.05, 4.69) is 5.32 Å². The first-order chi connectivity index (χ1) is 8.99. The average Bonchev–Trinajstić information content (AvgIpc) is 2.60. The van der Waals surface area contributed by atoms with E-state index in [-0.39, 0.29) is 11.9 Å². The summed E-state index contributed by atoms with van der Waals surface area (Å²) in [7, 11) is 0. The molecule has 0 bridgehead atoms. The molecule has 1 saturated heterocycles. The van der Waals surface area contributed by atoms with Gasteiger partial charge < -0.3 is 5.32 Å². The lowest BCUT2D eigenvalue weighted by atomic mass is 9.91. The van der Waals surface area contributed by atoms with Gasteiger partial charge in [-0.1, -0.05) is 43.2 Å². The maximum atomic E-state index is 12.5. The van der Waals surface area contributed by atoms with Crippen molar-refractivity contribution in [2.75, 3.05) is 6.54 Å². The van der Waals surface area contributed by atoms with Crippen molar-refractivity contribution < 1.29 is 9.59 Å². The van der Waals surface area contributed by atoms with Crippen LogP contribution < -0.4 is 5.32 Å². The molecule has 1 unspecified atom stereocenters. The molecule has 1 heterocycles. The molecule has 0 radical (unpaired) electrons. The molecule has 102 valence electrons. The van der Waals surface area contributed by atoms with Gasteiger partial charge in [0, 0.05) is 6.54 Å². The SMILES string of the molecule is CCCCN1C(=O)NC(C)(c2ccc(C)cc2)C1=O. The molecule has 2 rings (SSSR count). The number of unbranched alkanes of at least 4 members (excludes halogenated alkanes) is 1. The van der Waals surface area contributed by atoms with Crippen molar-refractivity contribution in [1.82, 2.24) is 10.2 Å². The minimum absolute atomic E-state index is 0.158. The van der Waals surface area contributed by atoms with E-state index in [9.17, 15) is 9.59 Å². The number of carbonyl (C=O) groups is 2. The summed E-state index contributed by atoms with van der Waals surface area (Å²) in [4.78, 5) is 25.7. The van der Waals surface area contributed by atoms with E-state index in [4.69, 9.17) is 0 Å². The van der Waals surface area contributed by atoms with Gasteiger partial charge in [0.1, 0.15) is 5.54 Å². The van der Waals surface area contributed by atoms with Crippen LogP contribution in [0.15, 0.2) is 24.3 Å². The number of hydrogen-bond donors (Lipinski definition) is 1. The predicted octanol–water partition coefficient (Wildman–Crippen LogP) is 2.56. The lowest BCUT2D eigenvalue weighted by molar-refractivity contribution is -0.131. The standard InChI is InChI=1S/C15H20N2O2/c1-4-5-10-17-13(18)15(3,16-14(17)19)12-8-6-11(2)7-9-12/h6-9H,4-5,10H2,1-3H3,(H,16,19). The Kier molecular flexibility index (Phi) is 3.60. The minimum Gasteiger partial charge on any atom is -0.319 e. The van der Waals surface area contributed by atoms with Gasteiger partial charge in [0.2, 0.25) is 0 Å². The molecule has 1 N–H and O–H groups in total. The van der Waals surface area contributed by atoms with Crippen LogP contribution in [0, 0.1) is 6.92 Å². The molecule has 1 aromatic carbocycles. The van der Waals surface area contributed by atoms with E-state index < -0.39 is 5.54 Å². The minimum atomic E-state index is -0.932. The van der Waals surface area contributed by atoms with Gasteiger partial charge in [-0.15, -0.1) is 0 Å². The first-order valence-corrected chi connectivity index (χ1v) is 6.70. The third kappa shape index (κ3) is 2.35. The summed E-state index contributed by atoms with van der Waals surface area (Å²) in [6, 6.07) is 7.42. The number of rotatable bonds is 4. The van der Waals surface area contributed by atoms with E-state index in [1.54, 1.807) is 6.92 Å². The summed E-state index contributed by atoms with van der Waals surface area (Å²) < 4.78 is 0. The Morgan fingerprint density at radius 3 is 2.42 bits per heavy atom. The highest BCUT2D eigenvalue weighted by Crippen LogP contribution is 2.29. The number of benzene rings is 1. The number of aryl methyl sites for hydroxylation is 1. The largest absolute Gasteiger partial charge is 0.325 e. The van der Waals surface area contributed by atoms with Crippen LogP contribution in [0.2, 0.25) is 0 Å². The lowest BCUT2D eigenvalue weighted by Crippen LogP contribution is -2.41. The summed E-state index contributed by atoms with van der Waals surface area (Å²) in [5, 5.41) is 2.81. The molecular formula is C15H20N2O2. The number of carbonyl (C=O) groups excluding carboxylic acids is 2. The van der Waals surface area contributed by atoms with E-state index in [1.165, 1.54) is 4.90 Å². The molecule has 1 aliphatic heterocycles. The number of nitrogens with zero attached hydrogens (tertiary/aromatic N) is 1. The van der Waals surface area contributed by atoms with Gasteiger partial charge in [0.05, 0.1) is 0 Å². The van der Waals surface area contributed by atoms with Crippen molar-refractivity contribution >= 4 is 11.9 Å². The second kappa shape index (κ2) is 5.03. The molecule has 3 amide bonds. The summed E-state index contributed by atoms with van der Waals surface area (Å²) in [6.07, 6.45) is 1.79. The third-order valence-electron chi connectivity index (χ3n) is 3.64. The third-order valence-corrected chi connectivity index (χ3v) is 3.64. The zero-order valence-corrected chi connectivity index (χ0v) is 11.7. The van der Waals surface area contributed by atoms with Gasteiger partial charge in [-0.2, -0.15) is 0 Å². The van der Waals surface area contributed by atoms with Crippen molar-refractivity contribution in [3.8, 4) is 0 Å². The van der Waals surface area contributed by atoms with Crippen LogP contribution in [-0.2, 0) is 10.3 Å². The highest BCUT2D eigenvalue weighted by Gasteiger charge is 2.48. The second-order valence-electron chi connectivity index (χ2n) is 5.23. The summed E-state index contributed by atoms with van der Waals surface area (Å²) in [6.45, 7) is 6.29. The van der Waals surface area contributed by atoms with Crippen LogP contribution >= 0.6 is 0 Å². The Hall–Kier alpha value is -1.84. The van der Waals surface area contributed by atoms with E-state index in [0.717, 1.165) is 24.0 Å². The van der Waals surface area contributed by atoms with Crippen molar-refractivity contribution in [2.45, 2.75) is 39.2 Å². The van der Waals surface area contributed by atoms with Gasteiger partial charge in [-0.25, -0.2) is 4.79 Å². The highest BCUT2D eigenvalue weighted by atomic mass is 16.2. The van der Waals surface area contributed by atoms with Gasteiger partial charge in [-0.05, 0) is 25.8 Å². The average molecular weight is 260 g/mol. The molecule has 1 aliphatic rings. The van der Waals surface area contributed by atoms with Crippen LogP contribution in [0.4, 0.5) is 4.79 Å². The fraction of sp³-hybridized carbons (Fsp3) is 0.467. The zero-order valence-electron chi connectivity index (χ0n) is 11.7. The smallest absolute Gasteiger partial charge is 0.319 e. The molecule has 0 aromatic heterocycles. The van der Waals surface area contributed by atoms with Gasteiger partial charge >= 0.3 is 6.03 Å². The second-order valence-corrected chi connectivity index (χ2v) is 5.23. The van der Waals surface area contributed by atoms with Crippen LogP contribution in [0.5, 0.6) is 0 Å². The van der Waals surface area contributed by atoms with Crippen molar-refractivity contribution in [1.29, 1.82) is 0 Å². The highest BCUT2D eigenvalue weighted by molar-refractivity contribution is 6.07. The molecule has 0 saturated carbocycles. The van der Waals surface area contributed by atoms with E-state index in [0.29, 0.717) is 6.54 Å². The first kappa shape index (κ1) is 13.6.